The summed E-state index contributed by atoms with van der Waals surface area (Å²) in [6.07, 6.45) is 2.85. The number of rotatable bonds is 4. The summed E-state index contributed by atoms with van der Waals surface area (Å²) in [5, 5.41) is 9.26. The fourth-order valence-corrected chi connectivity index (χ4v) is 4.94. The topological polar surface area (TPSA) is 69.6 Å². The Balaban J connectivity index is 1.86. The normalized spacial score (nSPS) is 26.2. The molecule has 116 valence electrons. The molecule has 0 aliphatic carbocycles. The van der Waals surface area contributed by atoms with Crippen molar-refractivity contribution in [2.45, 2.75) is 42.8 Å². The molecule has 3 rings (SSSR count). The monoisotopic (exact) mass is 314 g/mol. The molecule has 2 atom stereocenters. The van der Waals surface area contributed by atoms with Gasteiger partial charge in [-0.3, -0.25) is 4.90 Å². The lowest BCUT2D eigenvalue weighted by molar-refractivity contribution is 0.278. The van der Waals surface area contributed by atoms with Crippen molar-refractivity contribution in [1.29, 1.82) is 0 Å². The van der Waals surface area contributed by atoms with Crippen LogP contribution < -0.4 is 4.72 Å². The van der Waals surface area contributed by atoms with Gasteiger partial charge in [-0.15, -0.1) is 0 Å². The van der Waals surface area contributed by atoms with Crippen LogP contribution in [-0.4, -0.2) is 43.6 Å². The quantitative estimate of drug-likeness (QED) is 0.864. The van der Waals surface area contributed by atoms with Gasteiger partial charge in [0.25, 0.3) is 0 Å². The summed E-state index contributed by atoms with van der Waals surface area (Å²) in [6, 6.07) is 3.53. The van der Waals surface area contributed by atoms with E-state index in [0.717, 1.165) is 44.5 Å². The van der Waals surface area contributed by atoms with Crippen LogP contribution in [0.4, 0.5) is 4.39 Å². The Kier molecular flexibility index (Phi) is 4.00. The van der Waals surface area contributed by atoms with Crippen molar-refractivity contribution in [1.82, 2.24) is 9.62 Å². The molecule has 0 bridgehead atoms. The molecule has 0 aromatic heterocycles. The molecule has 0 radical (unpaired) electrons. The zero-order valence-electron chi connectivity index (χ0n) is 11.6. The van der Waals surface area contributed by atoms with Crippen molar-refractivity contribution in [2.24, 2.45) is 0 Å². The van der Waals surface area contributed by atoms with E-state index in [2.05, 4.69) is 9.62 Å². The Morgan fingerprint density at radius 3 is 2.90 bits per heavy atom. The van der Waals surface area contributed by atoms with Gasteiger partial charge in [0.15, 0.2) is 0 Å². The SMILES string of the molecule is O=S(=O)(NC1CCN2CCCC12)c1cc(F)ccc1CO. The van der Waals surface area contributed by atoms with E-state index in [9.17, 15) is 17.9 Å². The Labute approximate surface area is 123 Å². The summed E-state index contributed by atoms with van der Waals surface area (Å²) in [6.45, 7) is 1.48. The lowest BCUT2D eigenvalue weighted by Crippen LogP contribution is -2.42. The smallest absolute Gasteiger partial charge is 0.241 e. The highest BCUT2D eigenvalue weighted by Gasteiger charge is 2.39. The number of aliphatic hydroxyl groups is 1. The first-order valence-electron chi connectivity index (χ1n) is 7.17. The van der Waals surface area contributed by atoms with Crippen molar-refractivity contribution in [3.8, 4) is 0 Å². The molecule has 2 fully saturated rings. The number of nitrogens with zero attached hydrogens (tertiary/aromatic N) is 1. The fraction of sp³-hybridized carbons (Fsp3) is 0.571. The van der Waals surface area contributed by atoms with Gasteiger partial charge < -0.3 is 5.11 Å². The van der Waals surface area contributed by atoms with Crippen LogP contribution in [0.25, 0.3) is 0 Å². The maximum atomic E-state index is 13.4. The summed E-state index contributed by atoms with van der Waals surface area (Å²) in [4.78, 5) is 2.13. The van der Waals surface area contributed by atoms with E-state index in [0.29, 0.717) is 0 Å². The summed E-state index contributed by atoms with van der Waals surface area (Å²) in [5.41, 5.74) is 0.213. The molecule has 2 aliphatic rings. The second-order valence-corrected chi connectivity index (χ2v) is 7.35. The van der Waals surface area contributed by atoms with Gasteiger partial charge in [0.2, 0.25) is 10.0 Å². The molecule has 7 heteroatoms. The van der Waals surface area contributed by atoms with E-state index in [-0.39, 0.29) is 22.5 Å². The van der Waals surface area contributed by atoms with Gasteiger partial charge in [0.05, 0.1) is 11.5 Å². The van der Waals surface area contributed by atoms with E-state index in [4.69, 9.17) is 0 Å². The first kappa shape index (κ1) is 14.9. The molecule has 5 nitrogen and oxygen atoms in total. The second kappa shape index (κ2) is 5.64. The summed E-state index contributed by atoms with van der Waals surface area (Å²) < 4.78 is 41.1. The van der Waals surface area contributed by atoms with Gasteiger partial charge in [-0.25, -0.2) is 17.5 Å². The minimum atomic E-state index is -3.82. The maximum Gasteiger partial charge on any atom is 0.241 e. The largest absolute Gasteiger partial charge is 0.392 e. The molecule has 2 aliphatic heterocycles. The number of aliphatic hydroxyl groups excluding tert-OH is 1. The van der Waals surface area contributed by atoms with Crippen molar-refractivity contribution >= 4 is 10.0 Å². The third-order valence-corrected chi connectivity index (χ3v) is 5.97. The van der Waals surface area contributed by atoms with Crippen molar-refractivity contribution in [3.05, 3.63) is 29.6 Å². The Morgan fingerprint density at radius 1 is 1.33 bits per heavy atom. The van der Waals surface area contributed by atoms with E-state index in [1.165, 1.54) is 6.07 Å². The number of benzene rings is 1. The first-order chi connectivity index (χ1) is 10.0. The van der Waals surface area contributed by atoms with Gasteiger partial charge >= 0.3 is 0 Å². The molecular weight excluding hydrogens is 295 g/mol. The fourth-order valence-electron chi connectivity index (χ4n) is 3.39. The van der Waals surface area contributed by atoms with E-state index in [1.54, 1.807) is 0 Å². The average Bonchev–Trinajstić information content (AvgIpc) is 3.04. The van der Waals surface area contributed by atoms with E-state index < -0.39 is 22.4 Å². The van der Waals surface area contributed by atoms with E-state index in [1.807, 2.05) is 0 Å². The molecule has 0 amide bonds. The zero-order chi connectivity index (χ0) is 15.0. The lowest BCUT2D eigenvalue weighted by Gasteiger charge is -2.21. The van der Waals surface area contributed by atoms with Crippen molar-refractivity contribution in [3.63, 3.8) is 0 Å². The number of halogens is 1. The van der Waals surface area contributed by atoms with Crippen LogP contribution in [-0.2, 0) is 16.6 Å². The number of sulfonamides is 1. The van der Waals surface area contributed by atoms with Crippen LogP contribution in [0, 0.1) is 5.82 Å². The molecule has 0 saturated carbocycles. The summed E-state index contributed by atoms with van der Waals surface area (Å²) in [7, 11) is -3.82. The molecule has 2 saturated heterocycles. The van der Waals surface area contributed by atoms with Crippen LogP contribution in [0.15, 0.2) is 23.1 Å². The average molecular weight is 314 g/mol. The highest BCUT2D eigenvalue weighted by Crippen LogP contribution is 2.29. The third-order valence-electron chi connectivity index (χ3n) is 4.40. The molecular formula is C14H19FN2O3S. The van der Waals surface area contributed by atoms with Crippen LogP contribution >= 0.6 is 0 Å². The highest BCUT2D eigenvalue weighted by atomic mass is 32.2. The Morgan fingerprint density at radius 2 is 2.14 bits per heavy atom. The van der Waals surface area contributed by atoms with Crippen LogP contribution in [0.1, 0.15) is 24.8 Å². The Hall–Kier alpha value is -1.02. The van der Waals surface area contributed by atoms with Gasteiger partial charge in [-0.05, 0) is 43.5 Å². The molecule has 2 N–H and O–H groups in total. The maximum absolute atomic E-state index is 13.4. The molecule has 2 unspecified atom stereocenters. The first-order valence-corrected chi connectivity index (χ1v) is 8.65. The van der Waals surface area contributed by atoms with Gasteiger partial charge in [-0.1, -0.05) is 6.07 Å². The zero-order valence-corrected chi connectivity index (χ0v) is 12.4. The summed E-state index contributed by atoms with van der Waals surface area (Å²) in [5.74, 6) is -0.624. The van der Waals surface area contributed by atoms with E-state index >= 15 is 0 Å². The van der Waals surface area contributed by atoms with Crippen LogP contribution in [0.3, 0.4) is 0 Å². The molecule has 1 aromatic rings. The van der Waals surface area contributed by atoms with Crippen molar-refractivity contribution in [2.75, 3.05) is 13.1 Å². The minimum absolute atomic E-state index is 0.132. The predicted octanol–water partition coefficient (Wildman–Crippen LogP) is 0.833. The van der Waals surface area contributed by atoms with Gasteiger partial charge in [0.1, 0.15) is 5.82 Å². The lowest BCUT2D eigenvalue weighted by atomic mass is 10.1. The number of hydrogen-bond acceptors (Lipinski definition) is 4. The van der Waals surface area contributed by atoms with Gasteiger partial charge in [0, 0.05) is 18.6 Å². The van der Waals surface area contributed by atoms with Crippen molar-refractivity contribution < 1.29 is 17.9 Å². The highest BCUT2D eigenvalue weighted by molar-refractivity contribution is 7.89. The number of hydrogen-bond donors (Lipinski definition) is 2. The number of fused-ring (bicyclic) bond motifs is 1. The Bertz CT molecular complexity index is 635. The van der Waals surface area contributed by atoms with Gasteiger partial charge in [-0.2, -0.15) is 0 Å². The molecule has 2 heterocycles. The van der Waals surface area contributed by atoms with Crippen LogP contribution in [0.2, 0.25) is 0 Å². The standard InChI is InChI=1S/C14H19FN2O3S/c15-11-4-3-10(9-18)14(8-11)21(19,20)16-12-5-7-17-6-1-2-13(12)17/h3-4,8,12-13,16,18H,1-2,5-7,9H2. The second-order valence-electron chi connectivity index (χ2n) is 5.67. The minimum Gasteiger partial charge on any atom is -0.392 e. The number of nitrogens with one attached hydrogen (secondary N) is 1. The predicted molar refractivity (Wildman–Crippen MR) is 75.6 cm³/mol. The summed E-state index contributed by atoms with van der Waals surface area (Å²) >= 11 is 0. The third kappa shape index (κ3) is 2.83. The molecule has 1 aromatic carbocycles. The molecule has 21 heavy (non-hydrogen) atoms. The molecule has 0 spiro atoms. The van der Waals surface area contributed by atoms with Crippen LogP contribution in [0.5, 0.6) is 0 Å².